The van der Waals surface area contributed by atoms with Crippen molar-refractivity contribution in [3.8, 4) is 5.75 Å². The smallest absolute Gasteiger partial charge is 0.162 e. The van der Waals surface area contributed by atoms with Crippen LogP contribution in [-0.2, 0) is 5.60 Å². The van der Waals surface area contributed by atoms with Gasteiger partial charge in [-0.1, -0.05) is 26.7 Å². The van der Waals surface area contributed by atoms with E-state index >= 15 is 0 Å². The molecule has 1 aromatic heterocycles. The molecule has 0 atom stereocenters. The minimum atomic E-state index is -0.838. The summed E-state index contributed by atoms with van der Waals surface area (Å²) in [6.45, 7) is 8.30. The lowest BCUT2D eigenvalue weighted by atomic mass is 9.88. The van der Waals surface area contributed by atoms with Gasteiger partial charge in [0, 0.05) is 6.04 Å². The second kappa shape index (κ2) is 6.23. The third kappa shape index (κ3) is 2.86. The first kappa shape index (κ1) is 15.0. The van der Waals surface area contributed by atoms with Gasteiger partial charge in [-0.3, -0.25) is 4.68 Å². The van der Waals surface area contributed by atoms with Crippen LogP contribution in [-0.4, -0.2) is 22.0 Å². The largest absolute Gasteiger partial charge is 0.493 e. The molecule has 4 nitrogen and oxygen atoms in total. The molecule has 0 fully saturated rings. The van der Waals surface area contributed by atoms with Crippen molar-refractivity contribution >= 4 is 0 Å². The topological polar surface area (TPSA) is 47.3 Å². The zero-order valence-electron chi connectivity index (χ0n) is 12.2. The quantitative estimate of drug-likeness (QED) is 0.812. The SMILES string of the molecule is CCCC(O)(CCC)c1c(OC)cnn1C(C)C. The molecule has 1 N–H and O–H groups in total. The van der Waals surface area contributed by atoms with Crippen molar-refractivity contribution < 1.29 is 9.84 Å². The van der Waals surface area contributed by atoms with E-state index < -0.39 is 5.60 Å². The molecule has 4 heteroatoms. The molecule has 0 amide bonds. The lowest BCUT2D eigenvalue weighted by Gasteiger charge is -2.30. The summed E-state index contributed by atoms with van der Waals surface area (Å²) >= 11 is 0. The highest BCUT2D eigenvalue weighted by Crippen LogP contribution is 2.38. The minimum Gasteiger partial charge on any atom is -0.493 e. The number of methoxy groups -OCH3 is 1. The predicted molar refractivity (Wildman–Crippen MR) is 72.9 cm³/mol. The Labute approximate surface area is 110 Å². The molecule has 0 aliphatic rings. The Balaban J connectivity index is 3.28. The number of aromatic nitrogens is 2. The maximum atomic E-state index is 11.0. The zero-order valence-corrected chi connectivity index (χ0v) is 12.2. The average molecular weight is 254 g/mol. The monoisotopic (exact) mass is 254 g/mol. The Hall–Kier alpha value is -1.03. The van der Waals surface area contributed by atoms with E-state index in [9.17, 15) is 5.11 Å². The van der Waals surface area contributed by atoms with Crippen molar-refractivity contribution in [3.63, 3.8) is 0 Å². The third-order valence-electron chi connectivity index (χ3n) is 3.24. The molecule has 0 aliphatic carbocycles. The van der Waals surface area contributed by atoms with Crippen LogP contribution in [0.2, 0.25) is 0 Å². The summed E-state index contributed by atoms with van der Waals surface area (Å²) in [5.74, 6) is 0.688. The van der Waals surface area contributed by atoms with E-state index in [0.717, 1.165) is 31.4 Å². The van der Waals surface area contributed by atoms with Gasteiger partial charge in [0.25, 0.3) is 0 Å². The van der Waals surface area contributed by atoms with Crippen molar-refractivity contribution in [1.29, 1.82) is 0 Å². The summed E-state index contributed by atoms with van der Waals surface area (Å²) in [4.78, 5) is 0. The fourth-order valence-electron chi connectivity index (χ4n) is 2.52. The molecule has 1 heterocycles. The molecule has 0 aromatic carbocycles. The van der Waals surface area contributed by atoms with Gasteiger partial charge in [-0.25, -0.2) is 0 Å². The van der Waals surface area contributed by atoms with Crippen LogP contribution in [0.5, 0.6) is 5.75 Å². The predicted octanol–water partition coefficient (Wildman–Crippen LogP) is 3.26. The van der Waals surface area contributed by atoms with Gasteiger partial charge in [0.05, 0.1) is 13.3 Å². The molecule has 0 bridgehead atoms. The molecule has 104 valence electrons. The van der Waals surface area contributed by atoms with Gasteiger partial charge in [-0.2, -0.15) is 5.10 Å². The third-order valence-corrected chi connectivity index (χ3v) is 3.24. The van der Waals surface area contributed by atoms with E-state index in [2.05, 4.69) is 32.8 Å². The Bertz CT molecular complexity index is 366. The Morgan fingerprint density at radius 1 is 1.33 bits per heavy atom. The number of rotatable bonds is 7. The number of ether oxygens (including phenoxy) is 1. The van der Waals surface area contributed by atoms with Crippen LogP contribution in [0.4, 0.5) is 0 Å². The van der Waals surface area contributed by atoms with Crippen molar-refractivity contribution in [2.45, 2.75) is 65.0 Å². The number of nitrogens with zero attached hydrogens (tertiary/aromatic N) is 2. The molecule has 1 rings (SSSR count). The summed E-state index contributed by atoms with van der Waals surface area (Å²) in [6.07, 6.45) is 5.03. The van der Waals surface area contributed by atoms with Gasteiger partial charge < -0.3 is 9.84 Å². The van der Waals surface area contributed by atoms with E-state index in [1.807, 2.05) is 4.68 Å². The molecule has 0 saturated carbocycles. The number of hydrogen-bond donors (Lipinski definition) is 1. The molecule has 0 radical (unpaired) electrons. The van der Waals surface area contributed by atoms with Crippen LogP contribution in [0, 0.1) is 0 Å². The first-order valence-electron chi connectivity index (χ1n) is 6.84. The van der Waals surface area contributed by atoms with Gasteiger partial charge in [0.1, 0.15) is 11.3 Å². The molecule has 18 heavy (non-hydrogen) atoms. The van der Waals surface area contributed by atoms with Crippen molar-refractivity contribution in [2.24, 2.45) is 0 Å². The molecule has 0 spiro atoms. The molecule has 1 aromatic rings. The van der Waals surface area contributed by atoms with Crippen LogP contribution in [0.15, 0.2) is 6.20 Å². The highest BCUT2D eigenvalue weighted by Gasteiger charge is 2.35. The van der Waals surface area contributed by atoms with Crippen LogP contribution in [0.1, 0.15) is 65.1 Å². The maximum absolute atomic E-state index is 11.0. The normalized spacial score (nSPS) is 12.2. The second-order valence-corrected chi connectivity index (χ2v) is 5.13. The standard InChI is InChI=1S/C14H26N2O2/c1-6-8-14(17,9-7-2)13-12(18-5)10-15-16(13)11(3)4/h10-11,17H,6-9H2,1-5H3. The van der Waals surface area contributed by atoms with E-state index in [-0.39, 0.29) is 6.04 Å². The highest BCUT2D eigenvalue weighted by atomic mass is 16.5. The van der Waals surface area contributed by atoms with E-state index in [0.29, 0.717) is 5.75 Å². The summed E-state index contributed by atoms with van der Waals surface area (Å²) in [5.41, 5.74) is -0.0148. The van der Waals surface area contributed by atoms with Crippen LogP contribution in [0.3, 0.4) is 0 Å². The lowest BCUT2D eigenvalue weighted by Crippen LogP contribution is -2.30. The van der Waals surface area contributed by atoms with Gasteiger partial charge >= 0.3 is 0 Å². The van der Waals surface area contributed by atoms with Crippen LogP contribution < -0.4 is 4.74 Å². The molecular weight excluding hydrogens is 228 g/mol. The minimum absolute atomic E-state index is 0.212. The molecule has 0 unspecified atom stereocenters. The number of hydrogen-bond acceptors (Lipinski definition) is 3. The Kier molecular flexibility index (Phi) is 5.20. The fourth-order valence-corrected chi connectivity index (χ4v) is 2.52. The average Bonchev–Trinajstić information content (AvgIpc) is 2.73. The van der Waals surface area contributed by atoms with Crippen LogP contribution in [0.25, 0.3) is 0 Å². The Morgan fingerprint density at radius 2 is 1.89 bits per heavy atom. The molecule has 0 saturated heterocycles. The fraction of sp³-hybridized carbons (Fsp3) is 0.786. The van der Waals surface area contributed by atoms with Crippen molar-refractivity contribution in [3.05, 3.63) is 11.9 Å². The molecular formula is C14H26N2O2. The summed E-state index contributed by atoms with van der Waals surface area (Å²) in [6, 6.07) is 0.212. The zero-order chi connectivity index (χ0) is 13.8. The van der Waals surface area contributed by atoms with Crippen LogP contribution >= 0.6 is 0 Å². The van der Waals surface area contributed by atoms with Crippen molar-refractivity contribution in [2.75, 3.05) is 7.11 Å². The highest BCUT2D eigenvalue weighted by molar-refractivity contribution is 5.31. The van der Waals surface area contributed by atoms with Gasteiger partial charge in [-0.15, -0.1) is 0 Å². The maximum Gasteiger partial charge on any atom is 0.162 e. The summed E-state index contributed by atoms with van der Waals surface area (Å²) in [5, 5.41) is 15.3. The second-order valence-electron chi connectivity index (χ2n) is 5.13. The van der Waals surface area contributed by atoms with Gasteiger partial charge in [0.2, 0.25) is 0 Å². The number of aliphatic hydroxyl groups is 1. The molecule has 0 aliphatic heterocycles. The summed E-state index contributed by atoms with van der Waals surface area (Å²) < 4.78 is 7.25. The summed E-state index contributed by atoms with van der Waals surface area (Å²) in [7, 11) is 1.63. The van der Waals surface area contributed by atoms with Crippen molar-refractivity contribution in [1.82, 2.24) is 9.78 Å². The van der Waals surface area contributed by atoms with E-state index in [1.165, 1.54) is 0 Å². The van der Waals surface area contributed by atoms with Gasteiger partial charge in [0.15, 0.2) is 5.75 Å². The van der Waals surface area contributed by atoms with E-state index in [4.69, 9.17) is 4.74 Å². The Morgan fingerprint density at radius 3 is 2.28 bits per heavy atom. The van der Waals surface area contributed by atoms with E-state index in [1.54, 1.807) is 13.3 Å². The first-order valence-corrected chi connectivity index (χ1v) is 6.84. The van der Waals surface area contributed by atoms with Gasteiger partial charge in [-0.05, 0) is 26.7 Å². The first-order chi connectivity index (χ1) is 8.50. The lowest BCUT2D eigenvalue weighted by molar-refractivity contribution is 0.00507.